The second-order valence-electron chi connectivity index (χ2n) is 6.98. The number of nitrogens with zero attached hydrogens (tertiary/aromatic N) is 1. The highest BCUT2D eigenvalue weighted by atomic mass is 15.2. The molecular formula is C16H30N2. The van der Waals surface area contributed by atoms with E-state index < -0.39 is 0 Å². The molecule has 1 unspecified atom stereocenters. The third-order valence-electron chi connectivity index (χ3n) is 5.48. The van der Waals surface area contributed by atoms with Gasteiger partial charge in [0.1, 0.15) is 0 Å². The van der Waals surface area contributed by atoms with Crippen LogP contribution in [0.1, 0.15) is 64.7 Å². The summed E-state index contributed by atoms with van der Waals surface area (Å²) in [5, 5.41) is 3.89. The van der Waals surface area contributed by atoms with Crippen molar-refractivity contribution in [1.29, 1.82) is 0 Å². The van der Waals surface area contributed by atoms with Gasteiger partial charge in [0.15, 0.2) is 0 Å². The van der Waals surface area contributed by atoms with Gasteiger partial charge in [0, 0.05) is 18.1 Å². The number of hydrogen-bond donors (Lipinski definition) is 1. The second kappa shape index (κ2) is 5.50. The van der Waals surface area contributed by atoms with Crippen LogP contribution in [0.25, 0.3) is 0 Å². The van der Waals surface area contributed by atoms with Crippen molar-refractivity contribution in [2.24, 2.45) is 5.92 Å². The fourth-order valence-corrected chi connectivity index (χ4v) is 4.17. The molecule has 2 aliphatic carbocycles. The third kappa shape index (κ3) is 2.91. The van der Waals surface area contributed by atoms with Crippen molar-refractivity contribution in [3.05, 3.63) is 0 Å². The van der Waals surface area contributed by atoms with Crippen molar-refractivity contribution in [2.45, 2.75) is 76.3 Å². The Kier molecular flexibility index (Phi) is 3.95. The monoisotopic (exact) mass is 250 g/mol. The highest BCUT2D eigenvalue weighted by molar-refractivity contribution is 4.98. The van der Waals surface area contributed by atoms with Crippen LogP contribution in [0.15, 0.2) is 0 Å². The van der Waals surface area contributed by atoms with Crippen LogP contribution in [0.3, 0.4) is 0 Å². The van der Waals surface area contributed by atoms with Crippen LogP contribution in [-0.2, 0) is 0 Å². The quantitative estimate of drug-likeness (QED) is 0.824. The average molecular weight is 250 g/mol. The van der Waals surface area contributed by atoms with E-state index in [2.05, 4.69) is 17.1 Å². The molecule has 3 fully saturated rings. The van der Waals surface area contributed by atoms with E-state index in [-0.39, 0.29) is 0 Å². The standard InChI is InChI=1S/C16H30N2/c1-2-15(12-14-6-7-14)18-11-5-10-17-16(13-18)8-3-4-9-16/h14-15,17H,2-13H2,1H3. The summed E-state index contributed by atoms with van der Waals surface area (Å²) in [5.41, 5.74) is 0.494. The molecule has 0 radical (unpaired) electrons. The van der Waals surface area contributed by atoms with Gasteiger partial charge in [0.05, 0.1) is 0 Å². The molecule has 1 N–H and O–H groups in total. The molecule has 0 amide bonds. The van der Waals surface area contributed by atoms with E-state index in [1.807, 2.05) is 0 Å². The predicted molar refractivity (Wildman–Crippen MR) is 76.8 cm³/mol. The minimum absolute atomic E-state index is 0.494. The van der Waals surface area contributed by atoms with Crippen molar-refractivity contribution in [1.82, 2.24) is 10.2 Å². The van der Waals surface area contributed by atoms with Crippen molar-refractivity contribution in [2.75, 3.05) is 19.6 Å². The first-order chi connectivity index (χ1) is 8.81. The molecular weight excluding hydrogens is 220 g/mol. The summed E-state index contributed by atoms with van der Waals surface area (Å²) in [6, 6.07) is 0.870. The normalized spacial score (nSPS) is 30.5. The molecule has 2 saturated carbocycles. The van der Waals surface area contributed by atoms with Gasteiger partial charge in [0.2, 0.25) is 0 Å². The average Bonchev–Trinajstić information content (AvgIpc) is 3.11. The molecule has 0 bridgehead atoms. The van der Waals surface area contributed by atoms with Crippen molar-refractivity contribution >= 4 is 0 Å². The van der Waals surface area contributed by atoms with Crippen LogP contribution in [0.4, 0.5) is 0 Å². The molecule has 3 rings (SSSR count). The molecule has 1 spiro atoms. The Morgan fingerprint density at radius 1 is 1.22 bits per heavy atom. The first-order valence-electron chi connectivity index (χ1n) is 8.30. The van der Waals surface area contributed by atoms with Crippen LogP contribution in [-0.4, -0.2) is 36.1 Å². The summed E-state index contributed by atoms with van der Waals surface area (Å²) in [6.45, 7) is 6.31. The summed E-state index contributed by atoms with van der Waals surface area (Å²) in [5.74, 6) is 1.07. The minimum atomic E-state index is 0.494. The van der Waals surface area contributed by atoms with Gasteiger partial charge in [-0.2, -0.15) is 0 Å². The largest absolute Gasteiger partial charge is 0.310 e. The Balaban J connectivity index is 1.64. The SMILES string of the molecule is CCC(CC1CC1)N1CCCNC2(CCCC2)C1. The summed E-state index contributed by atoms with van der Waals surface area (Å²) in [6.07, 6.45) is 12.9. The summed E-state index contributed by atoms with van der Waals surface area (Å²) in [7, 11) is 0. The molecule has 1 aliphatic heterocycles. The van der Waals surface area contributed by atoms with E-state index in [1.165, 1.54) is 77.4 Å². The molecule has 0 aromatic heterocycles. The fraction of sp³-hybridized carbons (Fsp3) is 1.00. The maximum absolute atomic E-state index is 3.89. The van der Waals surface area contributed by atoms with Crippen LogP contribution in [0.2, 0.25) is 0 Å². The van der Waals surface area contributed by atoms with E-state index in [0.717, 1.165) is 12.0 Å². The molecule has 1 heterocycles. The first-order valence-corrected chi connectivity index (χ1v) is 8.30. The molecule has 0 aromatic rings. The van der Waals surface area contributed by atoms with E-state index in [0.29, 0.717) is 5.54 Å². The van der Waals surface area contributed by atoms with Gasteiger partial charge in [-0.3, -0.25) is 4.90 Å². The third-order valence-corrected chi connectivity index (χ3v) is 5.48. The molecule has 18 heavy (non-hydrogen) atoms. The van der Waals surface area contributed by atoms with Gasteiger partial charge in [-0.25, -0.2) is 0 Å². The zero-order valence-corrected chi connectivity index (χ0v) is 12.1. The Morgan fingerprint density at radius 3 is 2.67 bits per heavy atom. The van der Waals surface area contributed by atoms with Gasteiger partial charge in [0.25, 0.3) is 0 Å². The predicted octanol–water partition coefficient (Wildman–Crippen LogP) is 3.17. The van der Waals surface area contributed by atoms with Crippen LogP contribution in [0, 0.1) is 5.92 Å². The highest BCUT2D eigenvalue weighted by Crippen LogP contribution is 2.37. The summed E-state index contributed by atoms with van der Waals surface area (Å²) < 4.78 is 0. The maximum atomic E-state index is 3.89. The van der Waals surface area contributed by atoms with Crippen LogP contribution < -0.4 is 5.32 Å². The van der Waals surface area contributed by atoms with Gasteiger partial charge in [-0.1, -0.05) is 32.6 Å². The lowest BCUT2D eigenvalue weighted by Gasteiger charge is -2.37. The fourth-order valence-electron chi connectivity index (χ4n) is 4.17. The number of hydrogen-bond acceptors (Lipinski definition) is 2. The molecule has 1 atom stereocenters. The summed E-state index contributed by atoms with van der Waals surface area (Å²) >= 11 is 0. The topological polar surface area (TPSA) is 15.3 Å². The zero-order valence-electron chi connectivity index (χ0n) is 12.1. The molecule has 104 valence electrons. The Bertz CT molecular complexity index is 266. The van der Waals surface area contributed by atoms with E-state index in [4.69, 9.17) is 0 Å². The molecule has 0 aromatic carbocycles. The molecule has 1 saturated heterocycles. The Labute approximate surface area is 113 Å². The van der Waals surface area contributed by atoms with E-state index in [1.54, 1.807) is 0 Å². The van der Waals surface area contributed by atoms with Crippen LogP contribution in [0.5, 0.6) is 0 Å². The molecule has 2 nitrogen and oxygen atoms in total. The Morgan fingerprint density at radius 2 is 2.00 bits per heavy atom. The van der Waals surface area contributed by atoms with Gasteiger partial charge in [-0.05, 0) is 51.1 Å². The van der Waals surface area contributed by atoms with E-state index in [9.17, 15) is 0 Å². The van der Waals surface area contributed by atoms with E-state index >= 15 is 0 Å². The zero-order chi connectivity index (χ0) is 12.4. The van der Waals surface area contributed by atoms with Gasteiger partial charge < -0.3 is 5.32 Å². The Hall–Kier alpha value is -0.0800. The lowest BCUT2D eigenvalue weighted by molar-refractivity contribution is 0.141. The van der Waals surface area contributed by atoms with Crippen molar-refractivity contribution in [3.63, 3.8) is 0 Å². The van der Waals surface area contributed by atoms with Gasteiger partial charge >= 0.3 is 0 Å². The molecule has 2 heteroatoms. The van der Waals surface area contributed by atoms with Crippen LogP contribution >= 0.6 is 0 Å². The second-order valence-corrected chi connectivity index (χ2v) is 6.98. The summed E-state index contributed by atoms with van der Waals surface area (Å²) in [4.78, 5) is 2.85. The van der Waals surface area contributed by atoms with Crippen molar-refractivity contribution in [3.8, 4) is 0 Å². The number of rotatable bonds is 4. The minimum Gasteiger partial charge on any atom is -0.310 e. The molecule has 3 aliphatic rings. The first kappa shape index (κ1) is 12.9. The maximum Gasteiger partial charge on any atom is 0.0308 e. The highest BCUT2D eigenvalue weighted by Gasteiger charge is 2.38. The number of nitrogens with one attached hydrogen (secondary N) is 1. The van der Waals surface area contributed by atoms with Crippen molar-refractivity contribution < 1.29 is 0 Å². The lowest BCUT2D eigenvalue weighted by Crippen LogP contribution is -2.51. The smallest absolute Gasteiger partial charge is 0.0308 e. The van der Waals surface area contributed by atoms with Gasteiger partial charge in [-0.15, -0.1) is 0 Å². The lowest BCUT2D eigenvalue weighted by atomic mass is 9.95.